The van der Waals surface area contributed by atoms with Gasteiger partial charge in [0.2, 0.25) is 5.91 Å². The lowest BCUT2D eigenvalue weighted by atomic mass is 10.0. The highest BCUT2D eigenvalue weighted by Crippen LogP contribution is 2.14. The first-order valence-corrected chi connectivity index (χ1v) is 25.1. The van der Waals surface area contributed by atoms with Gasteiger partial charge in [0.1, 0.15) is 6.10 Å². The molecule has 0 bridgehead atoms. The van der Waals surface area contributed by atoms with Crippen LogP contribution in [0, 0.1) is 0 Å². The van der Waals surface area contributed by atoms with Gasteiger partial charge >= 0.3 is 0 Å². The maximum absolute atomic E-state index is 12.6. The van der Waals surface area contributed by atoms with E-state index in [0.717, 1.165) is 51.4 Å². The monoisotopic (exact) mass is 808 g/mol. The molecule has 4 N–H and O–H groups in total. The molecule has 1 amide bonds. The second-order valence-corrected chi connectivity index (χ2v) is 17.7. The summed E-state index contributed by atoms with van der Waals surface area (Å²) >= 11 is 0. The molecule has 0 aliphatic rings. The van der Waals surface area contributed by atoms with Crippen molar-refractivity contribution in [1.82, 2.24) is 5.32 Å². The van der Waals surface area contributed by atoms with E-state index in [1.54, 1.807) is 6.08 Å². The van der Waals surface area contributed by atoms with Crippen LogP contribution in [0.15, 0.2) is 48.6 Å². The first kappa shape index (κ1) is 54.3. The fraction of sp³-hybridized carbons (Fsp3) is 0.812. The van der Waals surface area contributed by atoms with E-state index in [9.17, 15) is 28.0 Å². The Morgan fingerprint density at radius 2 is 0.804 bits per heavy atom. The Hall–Kier alpha value is -1.74. The number of nitrogens with one attached hydrogen (secondary N) is 1. The van der Waals surface area contributed by atoms with E-state index in [0.29, 0.717) is 12.8 Å². The molecule has 0 saturated carbocycles. The van der Waals surface area contributed by atoms with Crippen LogP contribution in [0.3, 0.4) is 0 Å². The van der Waals surface area contributed by atoms with E-state index >= 15 is 0 Å². The first-order chi connectivity index (χ1) is 27.2. The van der Waals surface area contributed by atoms with Crippen molar-refractivity contribution in [2.75, 3.05) is 5.75 Å². The SMILES string of the molecule is CCCCCCCCCCC/C=C\CCCCCCCCC(O)C(=O)NC(CS(=O)(=O)O)C(O)/C=C/CC/C=C/CC/C=C/CCCCCCCCCCCC. The van der Waals surface area contributed by atoms with Crippen molar-refractivity contribution in [3.05, 3.63) is 48.6 Å². The zero-order valence-corrected chi connectivity index (χ0v) is 37.2. The van der Waals surface area contributed by atoms with Gasteiger partial charge in [0.05, 0.1) is 17.9 Å². The molecule has 0 aliphatic heterocycles. The molecule has 0 aromatic heterocycles. The molecule has 0 spiro atoms. The Bertz CT molecular complexity index is 1090. The van der Waals surface area contributed by atoms with Crippen molar-refractivity contribution in [1.29, 1.82) is 0 Å². The van der Waals surface area contributed by atoms with Crippen LogP contribution >= 0.6 is 0 Å². The fourth-order valence-electron chi connectivity index (χ4n) is 6.95. The largest absolute Gasteiger partial charge is 0.387 e. The first-order valence-electron chi connectivity index (χ1n) is 23.4. The molecule has 3 unspecified atom stereocenters. The van der Waals surface area contributed by atoms with Gasteiger partial charge in [-0.3, -0.25) is 9.35 Å². The molecular weight excluding hydrogens is 719 g/mol. The number of carbonyl (C=O) groups excluding carboxylic acids is 1. The van der Waals surface area contributed by atoms with Gasteiger partial charge in [-0.1, -0.05) is 204 Å². The van der Waals surface area contributed by atoms with Crippen LogP contribution in [0.2, 0.25) is 0 Å². The smallest absolute Gasteiger partial charge is 0.267 e. The van der Waals surface area contributed by atoms with E-state index in [-0.39, 0.29) is 6.42 Å². The summed E-state index contributed by atoms with van der Waals surface area (Å²) in [5.41, 5.74) is 0. The van der Waals surface area contributed by atoms with Crippen LogP contribution in [0.4, 0.5) is 0 Å². The third-order valence-corrected chi connectivity index (χ3v) is 11.3. The molecule has 0 rings (SSSR count). The van der Waals surface area contributed by atoms with E-state index in [1.165, 1.54) is 147 Å². The average molecular weight is 808 g/mol. The van der Waals surface area contributed by atoms with E-state index < -0.39 is 40.0 Å². The van der Waals surface area contributed by atoms with Crippen molar-refractivity contribution < 1.29 is 28.0 Å². The quantitative estimate of drug-likeness (QED) is 0.0277. The number of unbranched alkanes of at least 4 members (excludes halogenated alkanes) is 27. The van der Waals surface area contributed by atoms with E-state index in [4.69, 9.17) is 0 Å². The van der Waals surface area contributed by atoms with Gasteiger partial charge in [-0.05, 0) is 70.6 Å². The topological polar surface area (TPSA) is 124 Å². The van der Waals surface area contributed by atoms with Crippen molar-refractivity contribution in [3.63, 3.8) is 0 Å². The van der Waals surface area contributed by atoms with Crippen LogP contribution < -0.4 is 5.32 Å². The summed E-state index contributed by atoms with van der Waals surface area (Å²) < 4.78 is 32.6. The molecule has 0 saturated heterocycles. The Kier molecular flexibility index (Phi) is 40.1. The third kappa shape index (κ3) is 40.5. The van der Waals surface area contributed by atoms with Gasteiger partial charge in [-0.2, -0.15) is 8.42 Å². The maximum Gasteiger partial charge on any atom is 0.267 e. The van der Waals surface area contributed by atoms with Crippen LogP contribution in [-0.4, -0.2) is 53.1 Å². The van der Waals surface area contributed by atoms with Crippen LogP contribution in [-0.2, 0) is 14.9 Å². The standard InChI is InChI=1S/C48H89NO6S/c1-3-5-7-9-11-13-15-17-19-21-23-25-26-28-30-32-34-36-38-40-42-46(50)45(44-56(53,54)55)49-48(52)47(51)43-41-39-37-35-33-31-29-27-24-22-20-18-16-14-12-10-8-6-4-2/h24-27,32,34,40,42,45-47,50-51H,3-23,28-31,33,35-39,41,43-44H2,1-2H3,(H,49,52)(H,53,54,55)/b26-25+,27-24-,34-32+,42-40+. The molecule has 0 radical (unpaired) electrons. The number of rotatable bonds is 42. The Labute approximate surface area is 346 Å². The fourth-order valence-corrected chi connectivity index (χ4v) is 7.69. The number of carbonyl (C=O) groups is 1. The van der Waals surface area contributed by atoms with Gasteiger partial charge in [0.25, 0.3) is 10.1 Å². The molecule has 0 fully saturated rings. The Morgan fingerprint density at radius 1 is 0.482 bits per heavy atom. The summed E-state index contributed by atoms with van der Waals surface area (Å²) in [5.74, 6) is -1.57. The summed E-state index contributed by atoms with van der Waals surface area (Å²) in [4.78, 5) is 12.6. The van der Waals surface area contributed by atoms with E-state index in [2.05, 4.69) is 55.6 Å². The predicted molar refractivity (Wildman–Crippen MR) is 241 cm³/mol. The number of amides is 1. The second kappa shape index (κ2) is 41.4. The average Bonchev–Trinajstić information content (AvgIpc) is 3.17. The Morgan fingerprint density at radius 3 is 1.18 bits per heavy atom. The van der Waals surface area contributed by atoms with Gasteiger partial charge < -0.3 is 15.5 Å². The second-order valence-electron chi connectivity index (χ2n) is 16.2. The zero-order chi connectivity index (χ0) is 41.2. The van der Waals surface area contributed by atoms with Gasteiger partial charge in [0, 0.05) is 0 Å². The molecule has 0 heterocycles. The number of allylic oxidation sites excluding steroid dienone is 7. The molecule has 3 atom stereocenters. The molecular formula is C48H89NO6S. The minimum Gasteiger partial charge on any atom is -0.387 e. The van der Waals surface area contributed by atoms with Crippen molar-refractivity contribution in [2.45, 2.75) is 244 Å². The highest BCUT2D eigenvalue weighted by Gasteiger charge is 2.27. The number of aliphatic hydroxyl groups is 2. The minimum absolute atomic E-state index is 0.263. The number of hydrogen-bond donors (Lipinski definition) is 4. The minimum atomic E-state index is -4.46. The molecule has 0 aliphatic carbocycles. The third-order valence-electron chi connectivity index (χ3n) is 10.6. The molecule has 0 aromatic rings. The Balaban J connectivity index is 4.04. The lowest BCUT2D eigenvalue weighted by molar-refractivity contribution is -0.130. The highest BCUT2D eigenvalue weighted by molar-refractivity contribution is 7.85. The lowest BCUT2D eigenvalue weighted by Gasteiger charge is -2.22. The maximum atomic E-state index is 12.6. The summed E-state index contributed by atoms with van der Waals surface area (Å²) in [6, 6.07) is -1.26. The van der Waals surface area contributed by atoms with Crippen molar-refractivity contribution in [3.8, 4) is 0 Å². The zero-order valence-electron chi connectivity index (χ0n) is 36.4. The summed E-state index contributed by atoms with van der Waals surface area (Å²) in [6.07, 6.45) is 53.1. The molecule has 328 valence electrons. The summed E-state index contributed by atoms with van der Waals surface area (Å²) in [6.45, 7) is 4.53. The predicted octanol–water partition coefficient (Wildman–Crippen LogP) is 13.2. The number of hydrogen-bond acceptors (Lipinski definition) is 5. The van der Waals surface area contributed by atoms with Gasteiger partial charge in [-0.25, -0.2) is 0 Å². The lowest BCUT2D eigenvalue weighted by Crippen LogP contribution is -2.50. The molecule has 56 heavy (non-hydrogen) atoms. The van der Waals surface area contributed by atoms with Crippen LogP contribution in [0.5, 0.6) is 0 Å². The number of aliphatic hydroxyl groups excluding tert-OH is 2. The summed E-state index contributed by atoms with van der Waals surface area (Å²) in [7, 11) is -4.46. The van der Waals surface area contributed by atoms with Crippen molar-refractivity contribution >= 4 is 16.0 Å². The normalized spacial score (nSPS) is 14.2. The van der Waals surface area contributed by atoms with Gasteiger partial charge in [-0.15, -0.1) is 0 Å². The van der Waals surface area contributed by atoms with Crippen LogP contribution in [0.25, 0.3) is 0 Å². The van der Waals surface area contributed by atoms with Crippen molar-refractivity contribution in [2.24, 2.45) is 0 Å². The summed E-state index contributed by atoms with van der Waals surface area (Å²) in [5, 5.41) is 23.4. The van der Waals surface area contributed by atoms with E-state index in [1.807, 2.05) is 0 Å². The van der Waals surface area contributed by atoms with Gasteiger partial charge in [0.15, 0.2) is 0 Å². The molecule has 0 aromatic carbocycles. The highest BCUT2D eigenvalue weighted by atomic mass is 32.2. The molecule has 8 heteroatoms. The molecule has 7 nitrogen and oxygen atoms in total. The van der Waals surface area contributed by atoms with Crippen LogP contribution in [0.1, 0.15) is 226 Å².